The minimum absolute atomic E-state index is 0.0579. The van der Waals surface area contributed by atoms with Crippen molar-refractivity contribution in [2.75, 3.05) is 24.3 Å². The molecule has 2 rings (SSSR count). The summed E-state index contributed by atoms with van der Waals surface area (Å²) in [5, 5.41) is 3.23. The van der Waals surface area contributed by atoms with Crippen molar-refractivity contribution in [2.45, 2.75) is 19.9 Å². The molecule has 0 aliphatic carbocycles. The third-order valence-electron chi connectivity index (χ3n) is 3.40. The van der Waals surface area contributed by atoms with E-state index >= 15 is 0 Å². The first-order valence-electron chi connectivity index (χ1n) is 6.77. The molecule has 0 aliphatic heterocycles. The van der Waals surface area contributed by atoms with Crippen molar-refractivity contribution >= 4 is 11.4 Å². The normalized spacial score (nSPS) is 12.1. The smallest absolute Gasteiger partial charge is 0.146 e. The van der Waals surface area contributed by atoms with E-state index in [4.69, 9.17) is 0 Å². The quantitative estimate of drug-likeness (QED) is 0.889. The van der Waals surface area contributed by atoms with Gasteiger partial charge in [0, 0.05) is 25.8 Å². The van der Waals surface area contributed by atoms with Gasteiger partial charge in [-0.25, -0.2) is 4.39 Å². The van der Waals surface area contributed by atoms with Crippen LogP contribution in [0, 0.1) is 12.7 Å². The van der Waals surface area contributed by atoms with Crippen molar-refractivity contribution in [3.63, 3.8) is 0 Å². The summed E-state index contributed by atoms with van der Waals surface area (Å²) in [6.07, 6.45) is 0. The predicted octanol–water partition coefficient (Wildman–Crippen LogP) is 4.37. The minimum atomic E-state index is -0.215. The average Bonchev–Trinajstić information content (AvgIpc) is 2.43. The molecule has 20 heavy (non-hydrogen) atoms. The summed E-state index contributed by atoms with van der Waals surface area (Å²) in [5.41, 5.74) is 3.89. The number of nitrogens with one attached hydrogen (secondary N) is 1. The lowest BCUT2D eigenvalue weighted by molar-refractivity contribution is 0.627. The second-order valence-corrected chi connectivity index (χ2v) is 5.34. The fourth-order valence-corrected chi connectivity index (χ4v) is 2.13. The monoisotopic (exact) mass is 272 g/mol. The first kappa shape index (κ1) is 14.4. The van der Waals surface area contributed by atoms with Gasteiger partial charge in [-0.05, 0) is 49.2 Å². The Hall–Kier alpha value is -2.03. The molecule has 3 heteroatoms. The molecule has 1 N–H and O–H groups in total. The molecule has 2 aromatic carbocycles. The third-order valence-corrected chi connectivity index (χ3v) is 3.40. The van der Waals surface area contributed by atoms with Crippen molar-refractivity contribution in [3.05, 3.63) is 59.4 Å². The van der Waals surface area contributed by atoms with Crippen LogP contribution in [-0.2, 0) is 0 Å². The van der Waals surface area contributed by atoms with Gasteiger partial charge >= 0.3 is 0 Å². The summed E-state index contributed by atoms with van der Waals surface area (Å²) in [7, 11) is 4.03. The number of hydrogen-bond donors (Lipinski definition) is 1. The molecule has 106 valence electrons. The number of halogens is 1. The van der Waals surface area contributed by atoms with Crippen molar-refractivity contribution in [2.24, 2.45) is 0 Å². The molecular formula is C17H21FN2. The molecule has 2 aromatic rings. The minimum Gasteiger partial charge on any atom is -0.378 e. The van der Waals surface area contributed by atoms with Crippen LogP contribution in [-0.4, -0.2) is 14.1 Å². The topological polar surface area (TPSA) is 15.3 Å². The van der Waals surface area contributed by atoms with E-state index in [9.17, 15) is 4.39 Å². The summed E-state index contributed by atoms with van der Waals surface area (Å²) < 4.78 is 13.7. The van der Waals surface area contributed by atoms with Crippen LogP contribution in [0.4, 0.5) is 15.8 Å². The van der Waals surface area contributed by atoms with Gasteiger partial charge in [-0.15, -0.1) is 0 Å². The lowest BCUT2D eigenvalue weighted by Crippen LogP contribution is -2.10. The number of hydrogen-bond acceptors (Lipinski definition) is 2. The van der Waals surface area contributed by atoms with Gasteiger partial charge in [-0.2, -0.15) is 0 Å². The molecule has 2 nitrogen and oxygen atoms in total. The van der Waals surface area contributed by atoms with Crippen LogP contribution in [0.3, 0.4) is 0 Å². The van der Waals surface area contributed by atoms with Crippen molar-refractivity contribution < 1.29 is 4.39 Å². The number of aryl methyl sites for hydroxylation is 1. The zero-order chi connectivity index (χ0) is 14.7. The second-order valence-electron chi connectivity index (χ2n) is 5.34. The SMILES string of the molecule is Cc1ccc(F)c(NC(C)c2ccc(N(C)C)cc2)c1. The molecule has 1 unspecified atom stereocenters. The molecule has 0 saturated heterocycles. The molecule has 0 saturated carbocycles. The molecule has 0 radical (unpaired) electrons. The first-order valence-corrected chi connectivity index (χ1v) is 6.77. The molecule has 1 atom stereocenters. The maximum atomic E-state index is 13.7. The lowest BCUT2D eigenvalue weighted by Gasteiger charge is -2.18. The standard InChI is InChI=1S/C17H21FN2/c1-12-5-10-16(18)17(11-12)19-13(2)14-6-8-15(9-7-14)20(3)4/h5-11,13,19H,1-4H3. The fourth-order valence-electron chi connectivity index (χ4n) is 2.13. The number of benzene rings is 2. The van der Waals surface area contributed by atoms with Gasteiger partial charge in [-0.1, -0.05) is 18.2 Å². The van der Waals surface area contributed by atoms with E-state index in [1.807, 2.05) is 34.0 Å². The van der Waals surface area contributed by atoms with E-state index in [2.05, 4.69) is 34.5 Å². The maximum absolute atomic E-state index is 13.7. The van der Waals surface area contributed by atoms with Gasteiger partial charge in [0.2, 0.25) is 0 Å². The highest BCUT2D eigenvalue weighted by atomic mass is 19.1. The summed E-state index contributed by atoms with van der Waals surface area (Å²) in [6.45, 7) is 3.99. The molecule has 0 spiro atoms. The van der Waals surface area contributed by atoms with Crippen LogP contribution in [0.1, 0.15) is 24.1 Å². The van der Waals surface area contributed by atoms with E-state index in [0.29, 0.717) is 5.69 Å². The van der Waals surface area contributed by atoms with Gasteiger partial charge < -0.3 is 10.2 Å². The highest BCUT2D eigenvalue weighted by molar-refractivity contribution is 5.51. The van der Waals surface area contributed by atoms with E-state index in [-0.39, 0.29) is 11.9 Å². The summed E-state index contributed by atoms with van der Waals surface area (Å²) in [6, 6.07) is 13.4. The second kappa shape index (κ2) is 5.95. The summed E-state index contributed by atoms with van der Waals surface area (Å²) in [5.74, 6) is -0.215. The lowest BCUT2D eigenvalue weighted by atomic mass is 10.1. The Morgan fingerprint density at radius 3 is 2.30 bits per heavy atom. The summed E-state index contributed by atoms with van der Waals surface area (Å²) >= 11 is 0. The van der Waals surface area contributed by atoms with Gasteiger partial charge in [0.1, 0.15) is 5.82 Å². The van der Waals surface area contributed by atoms with Crippen LogP contribution in [0.2, 0.25) is 0 Å². The Bertz CT molecular complexity index is 576. The zero-order valence-corrected chi connectivity index (χ0v) is 12.4. The van der Waals surface area contributed by atoms with E-state index in [0.717, 1.165) is 16.8 Å². The van der Waals surface area contributed by atoms with E-state index in [1.54, 1.807) is 6.07 Å². The Labute approximate surface area is 120 Å². The Balaban J connectivity index is 2.15. The highest BCUT2D eigenvalue weighted by Crippen LogP contribution is 2.24. The van der Waals surface area contributed by atoms with Crippen LogP contribution < -0.4 is 10.2 Å². The van der Waals surface area contributed by atoms with Crippen molar-refractivity contribution in [3.8, 4) is 0 Å². The molecule has 0 heterocycles. The fraction of sp³-hybridized carbons (Fsp3) is 0.294. The molecule has 0 bridgehead atoms. The van der Waals surface area contributed by atoms with Gasteiger partial charge in [0.15, 0.2) is 0 Å². The van der Waals surface area contributed by atoms with Crippen LogP contribution in [0.15, 0.2) is 42.5 Å². The Morgan fingerprint density at radius 2 is 1.70 bits per heavy atom. The van der Waals surface area contributed by atoms with Crippen molar-refractivity contribution in [1.29, 1.82) is 0 Å². The zero-order valence-electron chi connectivity index (χ0n) is 12.4. The molecule has 0 aliphatic rings. The molecular weight excluding hydrogens is 251 g/mol. The van der Waals surface area contributed by atoms with Crippen LogP contribution in [0.25, 0.3) is 0 Å². The number of rotatable bonds is 4. The van der Waals surface area contributed by atoms with E-state index in [1.165, 1.54) is 6.07 Å². The third kappa shape index (κ3) is 3.29. The van der Waals surface area contributed by atoms with Gasteiger partial charge in [0.05, 0.1) is 5.69 Å². The number of anilines is 2. The number of nitrogens with zero attached hydrogens (tertiary/aromatic N) is 1. The van der Waals surface area contributed by atoms with Crippen molar-refractivity contribution in [1.82, 2.24) is 0 Å². The predicted molar refractivity (Wildman–Crippen MR) is 83.9 cm³/mol. The highest BCUT2D eigenvalue weighted by Gasteiger charge is 2.09. The molecule has 0 amide bonds. The van der Waals surface area contributed by atoms with Gasteiger partial charge in [-0.3, -0.25) is 0 Å². The van der Waals surface area contributed by atoms with E-state index < -0.39 is 0 Å². The Morgan fingerprint density at radius 1 is 1.05 bits per heavy atom. The summed E-state index contributed by atoms with van der Waals surface area (Å²) in [4.78, 5) is 2.06. The molecule has 0 fully saturated rings. The van der Waals surface area contributed by atoms with Crippen LogP contribution in [0.5, 0.6) is 0 Å². The Kier molecular flexibility index (Phi) is 4.28. The van der Waals surface area contributed by atoms with Crippen LogP contribution >= 0.6 is 0 Å². The first-order chi connectivity index (χ1) is 9.47. The maximum Gasteiger partial charge on any atom is 0.146 e. The van der Waals surface area contributed by atoms with Gasteiger partial charge in [0.25, 0.3) is 0 Å². The molecule has 0 aromatic heterocycles. The largest absolute Gasteiger partial charge is 0.378 e. The average molecular weight is 272 g/mol.